The van der Waals surface area contributed by atoms with Crippen LogP contribution in [0.15, 0.2) is 24.4 Å². The largest absolute Gasteiger partial charge is 0.265 e. The molecule has 0 unspecified atom stereocenters. The first-order chi connectivity index (χ1) is 8.81. The topological polar surface area (TPSA) is 17.8 Å². The number of hydrogen-bond donors (Lipinski definition) is 0. The fraction of sp³-hybridized carbons (Fsp3) is 0.533. The molecule has 1 heterocycles. The van der Waals surface area contributed by atoms with Gasteiger partial charge in [-0.3, -0.25) is 4.68 Å². The number of fused-ring (bicyclic) bond motifs is 1. The summed E-state index contributed by atoms with van der Waals surface area (Å²) in [5.41, 5.74) is 1.27. The molecular formula is C15H21IN2. The predicted molar refractivity (Wildman–Crippen MR) is 85.8 cm³/mol. The van der Waals surface area contributed by atoms with E-state index < -0.39 is 0 Å². The first kappa shape index (κ1) is 13.8. The molecule has 1 aromatic heterocycles. The Morgan fingerprint density at radius 3 is 2.72 bits per heavy atom. The summed E-state index contributed by atoms with van der Waals surface area (Å²) in [5, 5.41) is 5.74. The number of hydrogen-bond acceptors (Lipinski definition) is 1. The number of aryl methyl sites for hydroxylation is 1. The lowest BCUT2D eigenvalue weighted by Gasteiger charge is -2.04. The zero-order chi connectivity index (χ0) is 12.8. The molecule has 2 nitrogen and oxygen atoms in total. The van der Waals surface area contributed by atoms with Crippen molar-refractivity contribution in [3.8, 4) is 0 Å². The zero-order valence-corrected chi connectivity index (χ0v) is 13.2. The highest BCUT2D eigenvalue weighted by atomic mass is 127. The zero-order valence-electron chi connectivity index (χ0n) is 11.0. The molecule has 0 aliphatic rings. The van der Waals surface area contributed by atoms with E-state index in [0.29, 0.717) is 0 Å². The molecule has 0 N–H and O–H groups in total. The molecule has 0 saturated carbocycles. The molecule has 1 aromatic carbocycles. The molecule has 0 atom stereocenters. The van der Waals surface area contributed by atoms with Gasteiger partial charge in [0.25, 0.3) is 0 Å². The van der Waals surface area contributed by atoms with Crippen LogP contribution in [-0.2, 0) is 6.54 Å². The van der Waals surface area contributed by atoms with E-state index in [-0.39, 0.29) is 0 Å². The monoisotopic (exact) mass is 356 g/mol. The summed E-state index contributed by atoms with van der Waals surface area (Å²) in [6, 6.07) is 6.52. The highest BCUT2D eigenvalue weighted by Crippen LogP contribution is 2.17. The van der Waals surface area contributed by atoms with E-state index in [1.54, 1.807) is 0 Å². The average molecular weight is 356 g/mol. The molecule has 3 heteroatoms. The highest BCUT2D eigenvalue weighted by Gasteiger charge is 2.02. The SMILES string of the molecule is CCCCCCCCn1ncc2ccc(I)cc21. The van der Waals surface area contributed by atoms with Gasteiger partial charge >= 0.3 is 0 Å². The highest BCUT2D eigenvalue weighted by molar-refractivity contribution is 14.1. The normalized spacial score (nSPS) is 11.2. The summed E-state index contributed by atoms with van der Waals surface area (Å²) in [5.74, 6) is 0. The van der Waals surface area contributed by atoms with Gasteiger partial charge in [-0.15, -0.1) is 0 Å². The molecule has 0 radical (unpaired) electrons. The van der Waals surface area contributed by atoms with Crippen LogP contribution >= 0.6 is 22.6 Å². The van der Waals surface area contributed by atoms with Crippen LogP contribution < -0.4 is 0 Å². The average Bonchev–Trinajstić information content (AvgIpc) is 2.76. The second kappa shape index (κ2) is 7.12. The van der Waals surface area contributed by atoms with E-state index in [9.17, 15) is 0 Å². The van der Waals surface area contributed by atoms with Crippen molar-refractivity contribution >= 4 is 33.5 Å². The quantitative estimate of drug-likeness (QED) is 0.504. The lowest BCUT2D eigenvalue weighted by molar-refractivity contribution is 0.537. The minimum absolute atomic E-state index is 1.05. The summed E-state index contributed by atoms with van der Waals surface area (Å²) in [6.07, 6.45) is 9.99. The van der Waals surface area contributed by atoms with E-state index in [0.717, 1.165) is 6.54 Å². The predicted octanol–water partition coefficient (Wildman–Crippen LogP) is 5.00. The van der Waals surface area contributed by atoms with Gasteiger partial charge in [-0.05, 0) is 41.1 Å². The van der Waals surface area contributed by atoms with Gasteiger partial charge < -0.3 is 0 Å². The fourth-order valence-electron chi connectivity index (χ4n) is 2.26. The van der Waals surface area contributed by atoms with E-state index in [1.165, 1.54) is 53.0 Å². The molecule has 98 valence electrons. The third kappa shape index (κ3) is 3.70. The molecule has 2 aromatic rings. The molecular weight excluding hydrogens is 335 g/mol. The van der Waals surface area contributed by atoms with Crippen LogP contribution in [-0.4, -0.2) is 9.78 Å². The van der Waals surface area contributed by atoms with Gasteiger partial charge in [0.05, 0.1) is 11.7 Å². The molecule has 0 bridgehead atoms. The molecule has 0 amide bonds. The van der Waals surface area contributed by atoms with Crippen molar-refractivity contribution in [2.24, 2.45) is 0 Å². The minimum Gasteiger partial charge on any atom is -0.265 e. The van der Waals surface area contributed by atoms with Crippen LogP contribution in [0.1, 0.15) is 45.4 Å². The van der Waals surface area contributed by atoms with Crippen LogP contribution in [0.25, 0.3) is 10.9 Å². The van der Waals surface area contributed by atoms with Crippen molar-refractivity contribution in [2.45, 2.75) is 52.0 Å². The molecule has 18 heavy (non-hydrogen) atoms. The van der Waals surface area contributed by atoms with Crippen molar-refractivity contribution in [2.75, 3.05) is 0 Å². The Labute approximate surface area is 123 Å². The van der Waals surface area contributed by atoms with Crippen LogP contribution in [0.3, 0.4) is 0 Å². The number of benzene rings is 1. The van der Waals surface area contributed by atoms with Gasteiger partial charge in [-0.1, -0.05) is 45.1 Å². The number of aromatic nitrogens is 2. The van der Waals surface area contributed by atoms with Crippen LogP contribution in [0, 0.1) is 3.57 Å². The Hall–Kier alpha value is -0.580. The number of nitrogens with zero attached hydrogens (tertiary/aromatic N) is 2. The minimum atomic E-state index is 1.05. The number of halogens is 1. The van der Waals surface area contributed by atoms with E-state index in [4.69, 9.17) is 0 Å². The lowest BCUT2D eigenvalue weighted by atomic mass is 10.1. The van der Waals surface area contributed by atoms with E-state index >= 15 is 0 Å². The fourth-order valence-corrected chi connectivity index (χ4v) is 2.74. The molecule has 0 spiro atoms. The Balaban J connectivity index is 1.86. The van der Waals surface area contributed by atoms with Crippen molar-refractivity contribution in [1.82, 2.24) is 9.78 Å². The van der Waals surface area contributed by atoms with E-state index in [2.05, 4.69) is 57.5 Å². The van der Waals surface area contributed by atoms with Gasteiger partial charge in [0.1, 0.15) is 0 Å². The molecule has 0 fully saturated rings. The summed E-state index contributed by atoms with van der Waals surface area (Å²) in [7, 11) is 0. The Bertz CT molecular complexity index is 490. The second-order valence-corrected chi connectivity index (χ2v) is 6.08. The first-order valence-electron chi connectivity index (χ1n) is 6.92. The lowest BCUT2D eigenvalue weighted by Crippen LogP contribution is -1.99. The second-order valence-electron chi connectivity index (χ2n) is 4.84. The van der Waals surface area contributed by atoms with Crippen molar-refractivity contribution < 1.29 is 0 Å². The summed E-state index contributed by atoms with van der Waals surface area (Å²) in [6.45, 7) is 3.31. The maximum absolute atomic E-state index is 4.48. The van der Waals surface area contributed by atoms with Gasteiger partial charge in [0, 0.05) is 15.5 Å². The summed E-state index contributed by atoms with van der Waals surface area (Å²) in [4.78, 5) is 0. The Morgan fingerprint density at radius 2 is 1.89 bits per heavy atom. The molecule has 0 aliphatic carbocycles. The first-order valence-corrected chi connectivity index (χ1v) is 8.00. The summed E-state index contributed by atoms with van der Waals surface area (Å²) < 4.78 is 3.43. The smallest absolute Gasteiger partial charge is 0.0692 e. The number of rotatable bonds is 7. The van der Waals surface area contributed by atoms with Crippen LogP contribution in [0.5, 0.6) is 0 Å². The van der Waals surface area contributed by atoms with Gasteiger partial charge in [-0.25, -0.2) is 0 Å². The van der Waals surface area contributed by atoms with Crippen molar-refractivity contribution in [3.63, 3.8) is 0 Å². The van der Waals surface area contributed by atoms with Gasteiger partial charge in [0.15, 0.2) is 0 Å². The maximum Gasteiger partial charge on any atom is 0.0692 e. The number of unbranched alkanes of at least 4 members (excludes halogenated alkanes) is 5. The molecule has 0 saturated heterocycles. The van der Waals surface area contributed by atoms with Gasteiger partial charge in [-0.2, -0.15) is 5.10 Å². The van der Waals surface area contributed by atoms with Crippen LogP contribution in [0.2, 0.25) is 0 Å². The van der Waals surface area contributed by atoms with Crippen LogP contribution in [0.4, 0.5) is 0 Å². The Kier molecular flexibility index (Phi) is 5.47. The van der Waals surface area contributed by atoms with Gasteiger partial charge in [0.2, 0.25) is 0 Å². The third-order valence-corrected chi connectivity index (χ3v) is 4.00. The maximum atomic E-state index is 4.48. The standard InChI is InChI=1S/C15H21IN2/c1-2-3-4-5-6-7-10-18-15-11-14(16)9-8-13(15)12-17-18/h8-9,11-12H,2-7,10H2,1H3. The van der Waals surface area contributed by atoms with Crippen molar-refractivity contribution in [3.05, 3.63) is 28.0 Å². The Morgan fingerprint density at radius 1 is 1.11 bits per heavy atom. The third-order valence-electron chi connectivity index (χ3n) is 3.33. The summed E-state index contributed by atoms with van der Waals surface area (Å²) >= 11 is 2.36. The molecule has 2 rings (SSSR count). The van der Waals surface area contributed by atoms with E-state index in [1.807, 2.05) is 6.20 Å². The van der Waals surface area contributed by atoms with Crippen molar-refractivity contribution in [1.29, 1.82) is 0 Å². The molecule has 0 aliphatic heterocycles.